The highest BCUT2D eigenvalue weighted by atomic mass is 16.4. The zero-order valence-corrected chi connectivity index (χ0v) is 11.0. The molecule has 3 aromatic rings. The Morgan fingerprint density at radius 3 is 2.70 bits per heavy atom. The van der Waals surface area contributed by atoms with Gasteiger partial charge < -0.3 is 8.83 Å². The molecule has 1 atom stereocenters. The Morgan fingerprint density at radius 1 is 1.20 bits per heavy atom. The summed E-state index contributed by atoms with van der Waals surface area (Å²) in [5.41, 5.74) is 1.15. The fourth-order valence-electron chi connectivity index (χ4n) is 2.07. The summed E-state index contributed by atoms with van der Waals surface area (Å²) in [5, 5.41) is 4.16. The quantitative estimate of drug-likeness (QED) is 0.731. The molecule has 5 nitrogen and oxygen atoms in total. The minimum absolute atomic E-state index is 0.170. The van der Waals surface area contributed by atoms with Crippen molar-refractivity contribution >= 4 is 0 Å². The summed E-state index contributed by atoms with van der Waals surface area (Å²) in [6, 6.07) is 13.4. The summed E-state index contributed by atoms with van der Waals surface area (Å²) in [5.74, 6) is 0.358. The van der Waals surface area contributed by atoms with E-state index in [0.717, 1.165) is 5.56 Å². The van der Waals surface area contributed by atoms with E-state index in [1.807, 2.05) is 37.3 Å². The van der Waals surface area contributed by atoms with Crippen molar-refractivity contribution in [2.24, 2.45) is 0 Å². The summed E-state index contributed by atoms with van der Waals surface area (Å²) >= 11 is 0. The molecule has 20 heavy (non-hydrogen) atoms. The first-order valence-corrected chi connectivity index (χ1v) is 6.41. The molecule has 102 valence electrons. The van der Waals surface area contributed by atoms with Crippen LogP contribution in [0.2, 0.25) is 0 Å². The summed E-state index contributed by atoms with van der Waals surface area (Å²) in [4.78, 5) is 11.8. The molecule has 2 heterocycles. The predicted octanol–water partition coefficient (Wildman–Crippen LogP) is 2.90. The molecule has 5 heteroatoms. The lowest BCUT2D eigenvalue weighted by atomic mass is 10.0. The van der Waals surface area contributed by atoms with Crippen LogP contribution in [0.1, 0.15) is 18.4 Å². The number of nitrogens with zero attached hydrogens (tertiary/aromatic N) is 2. The Balaban J connectivity index is 1.83. The Hall–Kier alpha value is -2.56. The topological polar surface area (TPSA) is 61.2 Å². The molecule has 0 aliphatic heterocycles. The molecule has 0 N–H and O–H groups in total. The molecule has 0 saturated heterocycles. The maximum absolute atomic E-state index is 11.8. The third-order valence-electron chi connectivity index (χ3n) is 3.15. The molecular weight excluding hydrogens is 256 g/mol. The van der Waals surface area contributed by atoms with E-state index in [-0.39, 0.29) is 11.8 Å². The smallest absolute Gasteiger partial charge is 0.437 e. The standard InChI is InChI=1S/C15H14N2O3/c1-11(12-6-3-2-4-7-12)10-17-15(18)20-14(16-17)13-8-5-9-19-13/h2-9,11H,10H2,1H3/t11-/m1/s1. The van der Waals surface area contributed by atoms with Crippen molar-refractivity contribution in [2.75, 3.05) is 0 Å². The molecule has 0 bridgehead atoms. The second kappa shape index (κ2) is 5.21. The minimum Gasteiger partial charge on any atom is -0.459 e. The van der Waals surface area contributed by atoms with E-state index in [1.54, 1.807) is 12.1 Å². The number of rotatable bonds is 4. The van der Waals surface area contributed by atoms with E-state index in [0.29, 0.717) is 12.3 Å². The summed E-state index contributed by atoms with van der Waals surface area (Å²) in [7, 11) is 0. The zero-order chi connectivity index (χ0) is 13.9. The molecule has 2 aromatic heterocycles. The Morgan fingerprint density at radius 2 is 2.00 bits per heavy atom. The molecule has 0 unspecified atom stereocenters. The Kier molecular flexibility index (Phi) is 3.25. The molecule has 0 spiro atoms. The fraction of sp³-hybridized carbons (Fsp3) is 0.200. The number of aromatic nitrogens is 2. The van der Waals surface area contributed by atoms with Gasteiger partial charge in [0, 0.05) is 5.92 Å². The van der Waals surface area contributed by atoms with Gasteiger partial charge >= 0.3 is 5.76 Å². The molecule has 0 radical (unpaired) electrons. The van der Waals surface area contributed by atoms with Crippen molar-refractivity contribution in [1.29, 1.82) is 0 Å². The van der Waals surface area contributed by atoms with Crippen LogP contribution >= 0.6 is 0 Å². The molecule has 3 rings (SSSR count). The largest absolute Gasteiger partial charge is 0.459 e. The number of hydrogen-bond acceptors (Lipinski definition) is 4. The highest BCUT2D eigenvalue weighted by molar-refractivity contribution is 5.42. The number of furan rings is 1. The second-order valence-corrected chi connectivity index (χ2v) is 4.64. The van der Waals surface area contributed by atoms with E-state index in [1.165, 1.54) is 10.9 Å². The summed E-state index contributed by atoms with van der Waals surface area (Å²) < 4.78 is 11.6. The van der Waals surface area contributed by atoms with Crippen LogP contribution in [-0.4, -0.2) is 9.78 Å². The van der Waals surface area contributed by atoms with Crippen LogP contribution in [0.15, 0.2) is 62.4 Å². The Bertz CT molecular complexity index is 726. The first kappa shape index (κ1) is 12.5. The maximum atomic E-state index is 11.8. The van der Waals surface area contributed by atoms with Gasteiger partial charge in [0.1, 0.15) is 0 Å². The molecule has 0 aliphatic carbocycles. The second-order valence-electron chi connectivity index (χ2n) is 4.64. The molecular formula is C15H14N2O3. The van der Waals surface area contributed by atoms with Crippen molar-refractivity contribution in [1.82, 2.24) is 9.78 Å². The SMILES string of the molecule is C[C@H](Cn1nc(-c2ccco2)oc1=O)c1ccccc1. The first-order chi connectivity index (χ1) is 9.74. The molecule has 0 aliphatic rings. The van der Waals surface area contributed by atoms with Gasteiger partial charge in [0.05, 0.1) is 12.8 Å². The highest BCUT2D eigenvalue weighted by Crippen LogP contribution is 2.18. The van der Waals surface area contributed by atoms with E-state index >= 15 is 0 Å². The summed E-state index contributed by atoms with van der Waals surface area (Å²) in [6.07, 6.45) is 1.51. The molecule has 0 saturated carbocycles. The lowest BCUT2D eigenvalue weighted by Crippen LogP contribution is -2.19. The van der Waals surface area contributed by atoms with Crippen LogP contribution in [0, 0.1) is 0 Å². The fourth-order valence-corrected chi connectivity index (χ4v) is 2.07. The van der Waals surface area contributed by atoms with Crippen molar-refractivity contribution < 1.29 is 8.83 Å². The van der Waals surface area contributed by atoms with E-state index in [9.17, 15) is 4.79 Å². The van der Waals surface area contributed by atoms with E-state index in [4.69, 9.17) is 8.83 Å². The van der Waals surface area contributed by atoms with Gasteiger partial charge in [-0.25, -0.2) is 4.79 Å². The van der Waals surface area contributed by atoms with Gasteiger partial charge in [-0.2, -0.15) is 4.68 Å². The highest BCUT2D eigenvalue weighted by Gasteiger charge is 2.15. The first-order valence-electron chi connectivity index (χ1n) is 6.41. The maximum Gasteiger partial charge on any atom is 0.437 e. The van der Waals surface area contributed by atoms with Crippen molar-refractivity contribution in [3.05, 3.63) is 64.8 Å². The van der Waals surface area contributed by atoms with Gasteiger partial charge in [0.15, 0.2) is 5.76 Å². The van der Waals surface area contributed by atoms with Gasteiger partial charge in [-0.05, 0) is 17.7 Å². The Labute approximate surface area is 115 Å². The van der Waals surface area contributed by atoms with Gasteiger partial charge in [0.25, 0.3) is 5.89 Å². The van der Waals surface area contributed by atoms with Crippen LogP contribution in [0.25, 0.3) is 11.7 Å². The van der Waals surface area contributed by atoms with Crippen molar-refractivity contribution in [2.45, 2.75) is 19.4 Å². The zero-order valence-electron chi connectivity index (χ0n) is 11.0. The normalized spacial score (nSPS) is 12.4. The molecule has 0 fully saturated rings. The van der Waals surface area contributed by atoms with Gasteiger partial charge in [-0.15, -0.1) is 5.10 Å². The van der Waals surface area contributed by atoms with Crippen LogP contribution in [0.5, 0.6) is 0 Å². The minimum atomic E-state index is -0.473. The third-order valence-corrected chi connectivity index (χ3v) is 3.15. The third kappa shape index (κ3) is 2.42. The lowest BCUT2D eigenvalue weighted by molar-refractivity contribution is 0.454. The number of benzene rings is 1. The average molecular weight is 270 g/mol. The van der Waals surface area contributed by atoms with Crippen molar-refractivity contribution in [3.63, 3.8) is 0 Å². The van der Waals surface area contributed by atoms with Crippen LogP contribution in [0.3, 0.4) is 0 Å². The monoisotopic (exact) mass is 270 g/mol. The number of hydrogen-bond donors (Lipinski definition) is 0. The van der Waals surface area contributed by atoms with Crippen LogP contribution in [0.4, 0.5) is 0 Å². The van der Waals surface area contributed by atoms with Crippen molar-refractivity contribution in [3.8, 4) is 11.7 Å². The average Bonchev–Trinajstić information content (AvgIpc) is 3.10. The molecule has 1 aromatic carbocycles. The predicted molar refractivity (Wildman–Crippen MR) is 73.3 cm³/mol. The van der Waals surface area contributed by atoms with Crippen LogP contribution < -0.4 is 5.76 Å². The van der Waals surface area contributed by atoms with Gasteiger partial charge in [-0.3, -0.25) is 0 Å². The van der Waals surface area contributed by atoms with Crippen LogP contribution in [-0.2, 0) is 6.54 Å². The summed E-state index contributed by atoms with van der Waals surface area (Å²) in [6.45, 7) is 2.51. The van der Waals surface area contributed by atoms with E-state index < -0.39 is 5.76 Å². The van der Waals surface area contributed by atoms with Gasteiger partial charge in [0.2, 0.25) is 0 Å². The molecule has 0 amide bonds. The van der Waals surface area contributed by atoms with Gasteiger partial charge in [-0.1, -0.05) is 37.3 Å². The van der Waals surface area contributed by atoms with E-state index in [2.05, 4.69) is 5.10 Å². The lowest BCUT2D eigenvalue weighted by Gasteiger charge is -2.09.